The van der Waals surface area contributed by atoms with Gasteiger partial charge in [-0.2, -0.15) is 13.2 Å². The van der Waals surface area contributed by atoms with Crippen molar-refractivity contribution in [1.29, 1.82) is 0 Å². The summed E-state index contributed by atoms with van der Waals surface area (Å²) in [5.41, 5.74) is -1.07. The van der Waals surface area contributed by atoms with Crippen LogP contribution in [0.2, 0.25) is 0 Å². The van der Waals surface area contributed by atoms with Crippen LogP contribution in [0.3, 0.4) is 0 Å². The van der Waals surface area contributed by atoms with E-state index in [9.17, 15) is 22.8 Å². The highest BCUT2D eigenvalue weighted by Crippen LogP contribution is 2.20. The molecule has 1 heterocycles. The quantitative estimate of drug-likeness (QED) is 0.874. The predicted molar refractivity (Wildman–Crippen MR) is 57.8 cm³/mol. The Morgan fingerprint density at radius 3 is 2.47 bits per heavy atom. The fourth-order valence-corrected chi connectivity index (χ4v) is 1.44. The van der Waals surface area contributed by atoms with E-state index in [1.807, 2.05) is 0 Å². The van der Waals surface area contributed by atoms with Crippen molar-refractivity contribution in [3.63, 3.8) is 0 Å². The lowest BCUT2D eigenvalue weighted by Crippen LogP contribution is -2.43. The Hall–Kier alpha value is -2.06. The second-order valence-electron chi connectivity index (χ2n) is 4.07. The molecule has 9 heteroatoms. The number of carboxylic acids is 1. The lowest BCUT2D eigenvalue weighted by atomic mass is 10.2. The van der Waals surface area contributed by atoms with Gasteiger partial charge in [-0.15, -0.1) is 0 Å². The van der Waals surface area contributed by atoms with E-state index in [0.717, 1.165) is 6.33 Å². The summed E-state index contributed by atoms with van der Waals surface area (Å²) in [6, 6.07) is -0.743. The van der Waals surface area contributed by atoms with Crippen LogP contribution in [-0.2, 0) is 0 Å². The van der Waals surface area contributed by atoms with Crippen molar-refractivity contribution in [2.24, 2.45) is 0 Å². The van der Waals surface area contributed by atoms with Gasteiger partial charge < -0.3 is 15.0 Å². The number of aromatic nitrogens is 2. The summed E-state index contributed by atoms with van der Waals surface area (Å²) in [5, 5.41) is 8.79. The second-order valence-corrected chi connectivity index (χ2v) is 4.07. The number of amides is 1. The third kappa shape index (κ3) is 3.70. The Balaban J connectivity index is 3.07. The standard InChI is InChI=1S/C10H12F3N3O3/c1-5(2)16(3-10(11,12)13)8(17)6-7(9(18)19)15-4-14-6/h4-5H,3H2,1-2H3,(H,14,15)(H,18,19). The van der Waals surface area contributed by atoms with Gasteiger partial charge in [0.15, 0.2) is 11.4 Å². The molecule has 0 fully saturated rings. The molecule has 0 aliphatic carbocycles. The first-order valence-corrected chi connectivity index (χ1v) is 5.28. The number of carbonyl (C=O) groups excluding carboxylic acids is 1. The van der Waals surface area contributed by atoms with Gasteiger partial charge in [0.2, 0.25) is 0 Å². The lowest BCUT2D eigenvalue weighted by molar-refractivity contribution is -0.143. The number of imidazole rings is 1. The fourth-order valence-electron chi connectivity index (χ4n) is 1.44. The Morgan fingerprint density at radius 1 is 1.47 bits per heavy atom. The number of carboxylic acid groups (broad SMARTS) is 1. The van der Waals surface area contributed by atoms with Crippen molar-refractivity contribution in [2.45, 2.75) is 26.1 Å². The van der Waals surface area contributed by atoms with Crippen molar-refractivity contribution in [3.8, 4) is 0 Å². The molecule has 1 rings (SSSR count). The zero-order chi connectivity index (χ0) is 14.8. The Labute approximate surface area is 106 Å². The van der Waals surface area contributed by atoms with Crippen LogP contribution in [0.1, 0.15) is 34.8 Å². The molecule has 106 valence electrons. The zero-order valence-electron chi connectivity index (χ0n) is 10.2. The second kappa shape index (κ2) is 5.29. The van der Waals surface area contributed by atoms with E-state index in [1.165, 1.54) is 13.8 Å². The van der Waals surface area contributed by atoms with Gasteiger partial charge in [-0.1, -0.05) is 0 Å². The third-order valence-electron chi connectivity index (χ3n) is 2.29. The van der Waals surface area contributed by atoms with E-state index in [-0.39, 0.29) is 0 Å². The summed E-state index contributed by atoms with van der Waals surface area (Å²) in [5.74, 6) is -2.54. The molecule has 1 aromatic heterocycles. The van der Waals surface area contributed by atoms with Crippen LogP contribution in [0.5, 0.6) is 0 Å². The molecular weight excluding hydrogens is 267 g/mol. The first kappa shape index (κ1) is 15.0. The number of halogens is 3. The number of carbonyl (C=O) groups is 2. The van der Waals surface area contributed by atoms with E-state index in [1.54, 1.807) is 0 Å². The molecule has 0 unspecified atom stereocenters. The third-order valence-corrected chi connectivity index (χ3v) is 2.29. The Bertz CT molecular complexity index is 482. The minimum Gasteiger partial charge on any atom is -0.477 e. The maximum atomic E-state index is 12.4. The number of aromatic carboxylic acids is 1. The average Bonchev–Trinajstić information content (AvgIpc) is 2.72. The largest absolute Gasteiger partial charge is 0.477 e. The number of nitrogens with one attached hydrogen (secondary N) is 1. The van der Waals surface area contributed by atoms with Gasteiger partial charge in [-0.05, 0) is 13.8 Å². The Kier molecular flexibility index (Phi) is 4.17. The molecule has 0 bridgehead atoms. The molecule has 0 aliphatic heterocycles. The summed E-state index contributed by atoms with van der Waals surface area (Å²) < 4.78 is 37.2. The highest BCUT2D eigenvalue weighted by molar-refractivity contribution is 6.02. The van der Waals surface area contributed by atoms with Gasteiger partial charge >= 0.3 is 12.1 Å². The highest BCUT2D eigenvalue weighted by atomic mass is 19.4. The zero-order valence-corrected chi connectivity index (χ0v) is 10.2. The van der Waals surface area contributed by atoms with Gasteiger partial charge in [-0.3, -0.25) is 4.79 Å². The number of rotatable bonds is 4. The smallest absolute Gasteiger partial charge is 0.406 e. The monoisotopic (exact) mass is 279 g/mol. The number of alkyl halides is 3. The van der Waals surface area contributed by atoms with Crippen molar-refractivity contribution >= 4 is 11.9 Å². The number of hydrogen-bond donors (Lipinski definition) is 2. The van der Waals surface area contributed by atoms with Gasteiger partial charge in [0, 0.05) is 6.04 Å². The fraction of sp³-hybridized carbons (Fsp3) is 0.500. The maximum Gasteiger partial charge on any atom is 0.406 e. The van der Waals surface area contributed by atoms with Crippen molar-refractivity contribution < 1.29 is 27.9 Å². The number of H-pyrrole nitrogens is 1. The van der Waals surface area contributed by atoms with Gasteiger partial charge in [0.1, 0.15) is 6.54 Å². The highest BCUT2D eigenvalue weighted by Gasteiger charge is 2.36. The van der Waals surface area contributed by atoms with Gasteiger partial charge in [-0.25, -0.2) is 9.78 Å². The first-order valence-electron chi connectivity index (χ1n) is 5.28. The lowest BCUT2D eigenvalue weighted by Gasteiger charge is -2.27. The summed E-state index contributed by atoms with van der Waals surface area (Å²) in [7, 11) is 0. The normalized spacial score (nSPS) is 11.7. The van der Waals surface area contributed by atoms with Crippen molar-refractivity contribution in [2.75, 3.05) is 6.54 Å². The van der Waals surface area contributed by atoms with Gasteiger partial charge in [0.25, 0.3) is 5.91 Å². The SMILES string of the molecule is CC(C)N(CC(F)(F)F)C(=O)c1nc[nH]c1C(=O)O. The average molecular weight is 279 g/mol. The van der Waals surface area contributed by atoms with Crippen LogP contribution in [0.15, 0.2) is 6.33 Å². The number of nitrogens with zero attached hydrogens (tertiary/aromatic N) is 2. The van der Waals surface area contributed by atoms with E-state index in [0.29, 0.717) is 4.90 Å². The van der Waals surface area contributed by atoms with E-state index >= 15 is 0 Å². The molecule has 0 aliphatic rings. The molecule has 0 atom stereocenters. The maximum absolute atomic E-state index is 12.4. The summed E-state index contributed by atoms with van der Waals surface area (Å²) in [6.07, 6.45) is -3.62. The number of hydrogen-bond acceptors (Lipinski definition) is 3. The molecule has 1 amide bonds. The van der Waals surface area contributed by atoms with Gasteiger partial charge in [0.05, 0.1) is 6.33 Å². The Morgan fingerprint density at radius 2 is 2.05 bits per heavy atom. The molecule has 1 aromatic rings. The van der Waals surface area contributed by atoms with E-state index in [2.05, 4.69) is 9.97 Å². The van der Waals surface area contributed by atoms with Crippen LogP contribution in [0, 0.1) is 0 Å². The minimum atomic E-state index is -4.57. The predicted octanol–water partition coefficient (Wildman–Crippen LogP) is 1.52. The molecule has 0 saturated heterocycles. The topological polar surface area (TPSA) is 86.3 Å². The molecule has 0 saturated carbocycles. The first-order chi connectivity index (χ1) is 8.63. The molecule has 0 radical (unpaired) electrons. The van der Waals surface area contributed by atoms with Crippen LogP contribution < -0.4 is 0 Å². The molecule has 19 heavy (non-hydrogen) atoms. The summed E-state index contributed by atoms with van der Waals surface area (Å²) in [6.45, 7) is 1.34. The molecule has 2 N–H and O–H groups in total. The van der Waals surface area contributed by atoms with Crippen LogP contribution in [-0.4, -0.2) is 50.6 Å². The molecule has 0 aromatic carbocycles. The van der Waals surface area contributed by atoms with Crippen molar-refractivity contribution in [1.82, 2.24) is 14.9 Å². The summed E-state index contributed by atoms with van der Waals surface area (Å²) in [4.78, 5) is 28.9. The van der Waals surface area contributed by atoms with Crippen LogP contribution >= 0.6 is 0 Å². The summed E-state index contributed by atoms with van der Waals surface area (Å²) >= 11 is 0. The van der Waals surface area contributed by atoms with E-state index < -0.39 is 42.0 Å². The molecular formula is C10H12F3N3O3. The number of aromatic amines is 1. The molecule has 0 spiro atoms. The van der Waals surface area contributed by atoms with Crippen LogP contribution in [0.25, 0.3) is 0 Å². The molecule has 6 nitrogen and oxygen atoms in total. The minimum absolute atomic E-state index is 0.516. The van der Waals surface area contributed by atoms with E-state index in [4.69, 9.17) is 5.11 Å². The van der Waals surface area contributed by atoms with Crippen molar-refractivity contribution in [3.05, 3.63) is 17.7 Å². The van der Waals surface area contributed by atoms with Crippen LogP contribution in [0.4, 0.5) is 13.2 Å².